The van der Waals surface area contributed by atoms with Gasteiger partial charge in [0.1, 0.15) is 24.7 Å². The third kappa shape index (κ3) is 3.67. The highest BCUT2D eigenvalue weighted by Crippen LogP contribution is 2.37. The minimum absolute atomic E-state index is 0.233. The second-order valence-corrected chi connectivity index (χ2v) is 7.56. The zero-order valence-corrected chi connectivity index (χ0v) is 17.3. The molecular weight excluding hydrogens is 400 g/mol. The van der Waals surface area contributed by atoms with E-state index in [9.17, 15) is 9.59 Å². The predicted octanol–water partition coefficient (Wildman–Crippen LogP) is 5.62. The third-order valence-corrected chi connectivity index (χ3v) is 5.47. The number of rotatable bonds is 6. The first kappa shape index (κ1) is 19.8. The largest absolute Gasteiger partial charge is 0.488 e. The van der Waals surface area contributed by atoms with Crippen LogP contribution in [0.25, 0.3) is 0 Å². The Morgan fingerprint density at radius 2 is 0.875 bits per heavy atom. The molecule has 156 valence electrons. The molecule has 0 atom stereocenters. The van der Waals surface area contributed by atoms with E-state index >= 15 is 0 Å². The maximum Gasteiger partial charge on any atom is 0.198 e. The molecular formula is C28H20O4. The standard InChI is InChI=1S/C28H20O4/c29-27-22-14-8-16-24(32-18-20-11-5-2-6-12-20)26(22)28(30)21-13-7-15-23(25(21)27)31-17-19-9-3-1-4-10-19/h1-16H,17-18H2. The summed E-state index contributed by atoms with van der Waals surface area (Å²) in [4.78, 5) is 26.8. The van der Waals surface area contributed by atoms with Crippen LogP contribution in [-0.4, -0.2) is 11.6 Å². The Hall–Kier alpha value is -4.18. The molecule has 0 spiro atoms. The number of fused-ring (bicyclic) bond motifs is 2. The van der Waals surface area contributed by atoms with Crippen molar-refractivity contribution in [2.75, 3.05) is 0 Å². The summed E-state index contributed by atoms with van der Waals surface area (Å²) in [6, 6.07) is 29.7. The van der Waals surface area contributed by atoms with Gasteiger partial charge in [0.05, 0.1) is 11.1 Å². The van der Waals surface area contributed by atoms with Gasteiger partial charge in [-0.1, -0.05) is 84.9 Å². The number of carbonyl (C=O) groups excluding carboxylic acids is 2. The van der Waals surface area contributed by atoms with Gasteiger partial charge in [-0.2, -0.15) is 0 Å². The van der Waals surface area contributed by atoms with Crippen LogP contribution in [0.3, 0.4) is 0 Å². The Balaban J connectivity index is 1.47. The molecule has 4 nitrogen and oxygen atoms in total. The van der Waals surface area contributed by atoms with Gasteiger partial charge in [0, 0.05) is 11.1 Å². The highest BCUT2D eigenvalue weighted by Gasteiger charge is 2.34. The molecule has 0 aliphatic heterocycles. The lowest BCUT2D eigenvalue weighted by Gasteiger charge is -2.22. The molecule has 0 unspecified atom stereocenters. The van der Waals surface area contributed by atoms with E-state index in [2.05, 4.69) is 0 Å². The lowest BCUT2D eigenvalue weighted by Crippen LogP contribution is -2.23. The molecule has 0 bridgehead atoms. The molecule has 0 radical (unpaired) electrons. The van der Waals surface area contributed by atoms with Crippen molar-refractivity contribution in [3.8, 4) is 11.5 Å². The van der Waals surface area contributed by atoms with Crippen molar-refractivity contribution in [3.05, 3.63) is 130 Å². The van der Waals surface area contributed by atoms with Crippen LogP contribution in [0.5, 0.6) is 11.5 Å². The van der Waals surface area contributed by atoms with Gasteiger partial charge in [-0.15, -0.1) is 0 Å². The van der Waals surface area contributed by atoms with Crippen molar-refractivity contribution in [2.24, 2.45) is 0 Å². The highest BCUT2D eigenvalue weighted by atomic mass is 16.5. The Morgan fingerprint density at radius 3 is 1.28 bits per heavy atom. The van der Waals surface area contributed by atoms with E-state index in [-0.39, 0.29) is 11.6 Å². The molecule has 5 rings (SSSR count). The first-order valence-corrected chi connectivity index (χ1v) is 10.4. The molecule has 1 aliphatic rings. The highest BCUT2D eigenvalue weighted by molar-refractivity contribution is 6.30. The maximum atomic E-state index is 13.4. The van der Waals surface area contributed by atoms with E-state index in [4.69, 9.17) is 9.47 Å². The Labute approximate surface area is 186 Å². The van der Waals surface area contributed by atoms with Crippen molar-refractivity contribution in [1.82, 2.24) is 0 Å². The molecule has 4 aromatic rings. The summed E-state index contributed by atoms with van der Waals surface area (Å²) >= 11 is 0. The van der Waals surface area contributed by atoms with Gasteiger partial charge in [0.15, 0.2) is 11.6 Å². The van der Waals surface area contributed by atoms with Gasteiger partial charge >= 0.3 is 0 Å². The fourth-order valence-corrected chi connectivity index (χ4v) is 3.89. The van der Waals surface area contributed by atoms with Gasteiger partial charge in [-0.3, -0.25) is 9.59 Å². The second kappa shape index (κ2) is 8.52. The summed E-state index contributed by atoms with van der Waals surface area (Å²) in [6.45, 7) is 0.623. The van der Waals surface area contributed by atoms with Crippen LogP contribution < -0.4 is 9.47 Å². The number of carbonyl (C=O) groups is 2. The number of hydrogen-bond donors (Lipinski definition) is 0. The lowest BCUT2D eigenvalue weighted by molar-refractivity contribution is 0.0971. The van der Waals surface area contributed by atoms with Gasteiger partial charge < -0.3 is 9.47 Å². The zero-order valence-electron chi connectivity index (χ0n) is 17.3. The Morgan fingerprint density at radius 1 is 0.469 bits per heavy atom. The molecule has 0 aromatic heterocycles. The molecule has 4 aromatic carbocycles. The molecule has 0 saturated heterocycles. The number of hydrogen-bond acceptors (Lipinski definition) is 4. The molecule has 0 amide bonds. The second-order valence-electron chi connectivity index (χ2n) is 7.56. The van der Waals surface area contributed by atoms with Crippen LogP contribution in [0.2, 0.25) is 0 Å². The van der Waals surface area contributed by atoms with Crippen LogP contribution in [0.1, 0.15) is 43.0 Å². The van der Waals surface area contributed by atoms with E-state index in [1.807, 2.05) is 60.7 Å². The van der Waals surface area contributed by atoms with Crippen molar-refractivity contribution in [2.45, 2.75) is 13.2 Å². The lowest BCUT2D eigenvalue weighted by atomic mass is 9.83. The fraction of sp³-hybridized carbons (Fsp3) is 0.0714. The molecule has 0 fully saturated rings. The average Bonchev–Trinajstić information content (AvgIpc) is 2.85. The molecule has 32 heavy (non-hydrogen) atoms. The minimum atomic E-state index is -0.233. The van der Waals surface area contributed by atoms with Crippen molar-refractivity contribution in [1.29, 1.82) is 0 Å². The topological polar surface area (TPSA) is 52.6 Å². The number of benzene rings is 4. The average molecular weight is 420 g/mol. The normalized spacial score (nSPS) is 12.1. The molecule has 0 N–H and O–H groups in total. The van der Waals surface area contributed by atoms with Gasteiger partial charge in [-0.25, -0.2) is 0 Å². The quantitative estimate of drug-likeness (QED) is 0.358. The van der Waals surface area contributed by atoms with Crippen LogP contribution in [0.15, 0.2) is 97.1 Å². The summed E-state index contributed by atoms with van der Waals surface area (Å²) in [6.07, 6.45) is 0. The van der Waals surface area contributed by atoms with Crippen molar-refractivity contribution in [3.63, 3.8) is 0 Å². The molecule has 0 heterocycles. The van der Waals surface area contributed by atoms with Crippen molar-refractivity contribution >= 4 is 11.6 Å². The summed E-state index contributed by atoms with van der Waals surface area (Å²) in [7, 11) is 0. The monoisotopic (exact) mass is 420 g/mol. The number of ether oxygens (including phenoxy) is 2. The SMILES string of the molecule is O=C1c2cccc(OCc3ccccc3)c2C(=O)c2cccc(OCc3ccccc3)c21. The molecule has 1 aliphatic carbocycles. The summed E-state index contributed by atoms with van der Waals surface area (Å²) in [5.41, 5.74) is 3.25. The molecule has 0 saturated carbocycles. The Kier molecular flexibility index (Phi) is 5.26. The zero-order chi connectivity index (χ0) is 21.9. The van der Waals surface area contributed by atoms with Crippen LogP contribution in [-0.2, 0) is 13.2 Å². The minimum Gasteiger partial charge on any atom is -0.488 e. The van der Waals surface area contributed by atoms with Crippen LogP contribution in [0, 0.1) is 0 Å². The summed E-state index contributed by atoms with van der Waals surface area (Å²) in [5, 5.41) is 0. The van der Waals surface area contributed by atoms with Gasteiger partial charge in [0.2, 0.25) is 0 Å². The van der Waals surface area contributed by atoms with Gasteiger partial charge in [-0.05, 0) is 23.3 Å². The Bertz CT molecular complexity index is 1190. The first-order chi connectivity index (χ1) is 15.7. The van der Waals surface area contributed by atoms with Crippen molar-refractivity contribution < 1.29 is 19.1 Å². The smallest absolute Gasteiger partial charge is 0.198 e. The van der Waals surface area contributed by atoms with Crippen LogP contribution in [0.4, 0.5) is 0 Å². The van der Waals surface area contributed by atoms with E-state index < -0.39 is 0 Å². The maximum absolute atomic E-state index is 13.4. The first-order valence-electron chi connectivity index (χ1n) is 10.4. The van der Waals surface area contributed by atoms with E-state index in [0.29, 0.717) is 47.0 Å². The summed E-state index contributed by atoms with van der Waals surface area (Å²) in [5.74, 6) is 0.351. The van der Waals surface area contributed by atoms with E-state index in [1.165, 1.54) is 0 Å². The third-order valence-electron chi connectivity index (χ3n) is 5.47. The summed E-state index contributed by atoms with van der Waals surface area (Å²) < 4.78 is 11.9. The number of ketones is 2. The van der Waals surface area contributed by atoms with E-state index in [0.717, 1.165) is 11.1 Å². The fourth-order valence-electron chi connectivity index (χ4n) is 3.89. The van der Waals surface area contributed by atoms with E-state index in [1.54, 1.807) is 36.4 Å². The van der Waals surface area contributed by atoms with Gasteiger partial charge in [0.25, 0.3) is 0 Å². The molecule has 4 heteroatoms. The predicted molar refractivity (Wildman–Crippen MR) is 121 cm³/mol. The van der Waals surface area contributed by atoms with Crippen LogP contribution >= 0.6 is 0 Å².